The van der Waals surface area contributed by atoms with Gasteiger partial charge in [-0.05, 0) is 50.4 Å². The molecular weight excluding hydrogens is 296 g/mol. The molecule has 23 heavy (non-hydrogen) atoms. The van der Waals surface area contributed by atoms with Crippen LogP contribution in [0, 0.1) is 17.3 Å². The molecule has 4 rings (SSSR count). The number of rotatable bonds is 4. The van der Waals surface area contributed by atoms with Gasteiger partial charge in [0, 0.05) is 19.6 Å². The van der Waals surface area contributed by atoms with Gasteiger partial charge in [-0.25, -0.2) is 4.79 Å². The number of aliphatic carboxylic acids is 1. The fourth-order valence-electron chi connectivity index (χ4n) is 5.32. The summed E-state index contributed by atoms with van der Waals surface area (Å²) >= 11 is 0. The zero-order valence-corrected chi connectivity index (χ0v) is 13.5. The van der Waals surface area contributed by atoms with Crippen molar-refractivity contribution in [3.8, 4) is 0 Å². The van der Waals surface area contributed by atoms with Crippen molar-refractivity contribution in [3.05, 3.63) is 0 Å². The van der Waals surface area contributed by atoms with E-state index in [1.54, 1.807) is 4.90 Å². The number of carboxylic acid groups (broad SMARTS) is 1. The molecule has 6 nitrogen and oxygen atoms in total. The van der Waals surface area contributed by atoms with Crippen molar-refractivity contribution < 1.29 is 19.4 Å². The number of hydrogen-bond acceptors (Lipinski definition) is 3. The third-order valence-corrected chi connectivity index (χ3v) is 6.61. The summed E-state index contributed by atoms with van der Waals surface area (Å²) < 4.78 is 5.84. The molecule has 4 fully saturated rings. The van der Waals surface area contributed by atoms with Crippen LogP contribution < -0.4 is 5.32 Å². The molecule has 3 unspecified atom stereocenters. The smallest absolute Gasteiger partial charge is 0.317 e. The number of urea groups is 1. The van der Waals surface area contributed by atoms with E-state index in [1.165, 1.54) is 6.42 Å². The maximum atomic E-state index is 12.4. The van der Waals surface area contributed by atoms with Crippen LogP contribution in [0.3, 0.4) is 0 Å². The van der Waals surface area contributed by atoms with Gasteiger partial charge in [-0.2, -0.15) is 0 Å². The van der Waals surface area contributed by atoms with Gasteiger partial charge < -0.3 is 20.1 Å². The van der Waals surface area contributed by atoms with Crippen LogP contribution in [0.4, 0.5) is 4.79 Å². The van der Waals surface area contributed by atoms with Crippen molar-refractivity contribution in [1.29, 1.82) is 0 Å². The SMILES string of the molecule is O=C(NCCC1CC2CCC1O2)N1C[C@@H]2CCC[C@@]2(C(=O)O)C1. The average Bonchev–Trinajstić information content (AvgIpc) is 3.25. The predicted molar refractivity (Wildman–Crippen MR) is 83.0 cm³/mol. The van der Waals surface area contributed by atoms with E-state index in [0.717, 1.165) is 32.1 Å². The van der Waals surface area contributed by atoms with Gasteiger partial charge >= 0.3 is 12.0 Å². The van der Waals surface area contributed by atoms with Crippen LogP contribution in [0.2, 0.25) is 0 Å². The second kappa shape index (κ2) is 5.65. The maximum Gasteiger partial charge on any atom is 0.317 e. The predicted octanol–water partition coefficient (Wildman–Crippen LogP) is 1.84. The van der Waals surface area contributed by atoms with E-state index in [2.05, 4.69) is 5.32 Å². The van der Waals surface area contributed by atoms with Gasteiger partial charge in [-0.15, -0.1) is 0 Å². The van der Waals surface area contributed by atoms with Gasteiger partial charge in [0.15, 0.2) is 0 Å². The van der Waals surface area contributed by atoms with E-state index in [-0.39, 0.29) is 11.9 Å². The highest BCUT2D eigenvalue weighted by Crippen LogP contribution is 2.48. The number of fused-ring (bicyclic) bond motifs is 3. The number of nitrogens with zero attached hydrogens (tertiary/aromatic N) is 1. The van der Waals surface area contributed by atoms with E-state index in [1.807, 2.05) is 0 Å². The first-order valence-corrected chi connectivity index (χ1v) is 9.00. The minimum atomic E-state index is -0.727. The summed E-state index contributed by atoms with van der Waals surface area (Å²) in [5.41, 5.74) is -0.685. The lowest BCUT2D eigenvalue weighted by atomic mass is 9.81. The lowest BCUT2D eigenvalue weighted by molar-refractivity contribution is -0.149. The van der Waals surface area contributed by atoms with Crippen molar-refractivity contribution in [2.75, 3.05) is 19.6 Å². The second-order valence-electron chi connectivity index (χ2n) is 7.82. The molecule has 3 aliphatic heterocycles. The van der Waals surface area contributed by atoms with Gasteiger partial charge in [0.25, 0.3) is 0 Å². The Kier molecular flexibility index (Phi) is 3.75. The Morgan fingerprint density at radius 3 is 2.83 bits per heavy atom. The van der Waals surface area contributed by atoms with Crippen LogP contribution in [-0.4, -0.2) is 53.8 Å². The number of carbonyl (C=O) groups is 2. The van der Waals surface area contributed by atoms with Crippen LogP contribution in [-0.2, 0) is 9.53 Å². The standard InChI is InChI=1S/C17H26N2O4/c20-15(21)17-6-1-2-12(17)9-19(10-17)16(22)18-7-5-11-8-13-3-4-14(11)23-13/h11-14H,1-10H2,(H,18,22)(H,20,21)/t11?,12-,13?,14?,17+/m0/s1. The first kappa shape index (κ1) is 15.2. The third-order valence-electron chi connectivity index (χ3n) is 6.61. The molecule has 2 bridgehead atoms. The summed E-state index contributed by atoms with van der Waals surface area (Å²) in [5.74, 6) is -0.0171. The van der Waals surface area contributed by atoms with Crippen molar-refractivity contribution in [2.24, 2.45) is 17.3 Å². The summed E-state index contributed by atoms with van der Waals surface area (Å²) in [6, 6.07) is -0.0934. The van der Waals surface area contributed by atoms with Crippen molar-refractivity contribution >= 4 is 12.0 Å². The van der Waals surface area contributed by atoms with E-state index >= 15 is 0 Å². The van der Waals surface area contributed by atoms with Gasteiger partial charge in [-0.1, -0.05) is 6.42 Å². The molecule has 1 aliphatic carbocycles. The van der Waals surface area contributed by atoms with Crippen LogP contribution >= 0.6 is 0 Å². The first-order valence-electron chi connectivity index (χ1n) is 9.00. The monoisotopic (exact) mass is 322 g/mol. The Labute approximate surface area is 136 Å². The second-order valence-corrected chi connectivity index (χ2v) is 7.82. The largest absolute Gasteiger partial charge is 0.481 e. The highest BCUT2D eigenvalue weighted by Gasteiger charge is 2.55. The van der Waals surface area contributed by atoms with Crippen molar-refractivity contribution in [2.45, 2.75) is 57.2 Å². The number of carboxylic acids is 1. The number of amides is 2. The van der Waals surface area contributed by atoms with Gasteiger partial charge in [0.2, 0.25) is 0 Å². The highest BCUT2D eigenvalue weighted by molar-refractivity contribution is 5.80. The topological polar surface area (TPSA) is 78.9 Å². The Balaban J connectivity index is 1.26. The van der Waals surface area contributed by atoms with Crippen molar-refractivity contribution in [3.63, 3.8) is 0 Å². The summed E-state index contributed by atoms with van der Waals surface area (Å²) in [6.07, 6.45) is 7.92. The average molecular weight is 322 g/mol. The van der Waals surface area contributed by atoms with E-state index in [4.69, 9.17) is 4.74 Å². The molecule has 0 aromatic rings. The fourth-order valence-corrected chi connectivity index (χ4v) is 5.32. The zero-order valence-electron chi connectivity index (χ0n) is 13.5. The van der Waals surface area contributed by atoms with Gasteiger partial charge in [0.05, 0.1) is 17.6 Å². The number of carbonyl (C=O) groups excluding carboxylic acids is 1. The van der Waals surface area contributed by atoms with Crippen LogP contribution in [0.25, 0.3) is 0 Å². The van der Waals surface area contributed by atoms with Crippen LogP contribution in [0.15, 0.2) is 0 Å². The Morgan fingerprint density at radius 1 is 1.30 bits per heavy atom. The number of likely N-dealkylation sites (tertiary alicyclic amines) is 1. The fraction of sp³-hybridized carbons (Fsp3) is 0.882. The molecule has 3 heterocycles. The van der Waals surface area contributed by atoms with Gasteiger partial charge in [-0.3, -0.25) is 4.79 Å². The van der Waals surface area contributed by atoms with E-state index in [0.29, 0.717) is 44.2 Å². The third kappa shape index (κ3) is 2.51. The maximum absolute atomic E-state index is 12.4. The molecule has 128 valence electrons. The van der Waals surface area contributed by atoms with Crippen LogP contribution in [0.5, 0.6) is 0 Å². The van der Waals surface area contributed by atoms with Crippen molar-refractivity contribution in [1.82, 2.24) is 10.2 Å². The minimum absolute atomic E-state index is 0.0934. The molecule has 0 aromatic heterocycles. The quantitative estimate of drug-likeness (QED) is 0.828. The Bertz CT molecular complexity index is 511. The summed E-state index contributed by atoms with van der Waals surface area (Å²) in [6.45, 7) is 1.63. The molecular formula is C17H26N2O4. The van der Waals surface area contributed by atoms with E-state index in [9.17, 15) is 14.7 Å². The highest BCUT2D eigenvalue weighted by atomic mass is 16.5. The first-order chi connectivity index (χ1) is 11.1. The normalized spacial score (nSPS) is 41.3. The van der Waals surface area contributed by atoms with E-state index < -0.39 is 11.4 Å². The molecule has 0 aromatic carbocycles. The molecule has 2 N–H and O–H groups in total. The lowest BCUT2D eigenvalue weighted by Crippen LogP contribution is -2.42. The van der Waals surface area contributed by atoms with Gasteiger partial charge in [0.1, 0.15) is 0 Å². The molecule has 0 spiro atoms. The zero-order chi connectivity index (χ0) is 16.0. The summed E-state index contributed by atoms with van der Waals surface area (Å²) in [5, 5.41) is 12.6. The Morgan fingerprint density at radius 2 is 2.17 bits per heavy atom. The summed E-state index contributed by atoms with van der Waals surface area (Å²) in [7, 11) is 0. The minimum Gasteiger partial charge on any atom is -0.481 e. The van der Waals surface area contributed by atoms with Crippen LogP contribution in [0.1, 0.15) is 44.9 Å². The number of hydrogen-bond donors (Lipinski definition) is 2. The molecule has 4 aliphatic rings. The molecule has 2 amide bonds. The number of ether oxygens (including phenoxy) is 1. The molecule has 1 saturated carbocycles. The molecule has 3 saturated heterocycles. The summed E-state index contributed by atoms with van der Waals surface area (Å²) in [4.78, 5) is 25.7. The molecule has 6 heteroatoms. The molecule has 5 atom stereocenters. The lowest BCUT2D eigenvalue weighted by Gasteiger charge is -2.24. The molecule has 0 radical (unpaired) electrons. The number of nitrogens with one attached hydrogen (secondary N) is 1. The Hall–Kier alpha value is -1.30.